The molecule has 25 heavy (non-hydrogen) atoms. The topological polar surface area (TPSA) is 68.0 Å². The Balaban J connectivity index is 1.55. The highest BCUT2D eigenvalue weighted by Crippen LogP contribution is 2.32. The number of nitrogens with one attached hydrogen (secondary N) is 2. The van der Waals surface area contributed by atoms with Gasteiger partial charge in [0.25, 0.3) is 0 Å². The smallest absolute Gasteiger partial charge is 0.231 e. The van der Waals surface area contributed by atoms with E-state index in [1.807, 2.05) is 30.3 Å². The van der Waals surface area contributed by atoms with Gasteiger partial charge < -0.3 is 24.5 Å². The maximum absolute atomic E-state index is 5.42. The van der Waals surface area contributed by atoms with Crippen LogP contribution in [0.15, 0.2) is 46.0 Å². The van der Waals surface area contributed by atoms with E-state index in [4.69, 9.17) is 13.9 Å². The summed E-state index contributed by atoms with van der Waals surface area (Å²) in [5, 5.41) is 6.71. The SMILES string of the molecule is CSCCNC(=NCc1ccc2c(c1)OCO2)NCCc1ccco1. The van der Waals surface area contributed by atoms with Crippen LogP contribution in [0.3, 0.4) is 0 Å². The fourth-order valence-corrected chi connectivity index (χ4v) is 2.72. The zero-order chi connectivity index (χ0) is 17.3. The highest BCUT2D eigenvalue weighted by molar-refractivity contribution is 7.98. The number of nitrogens with zero attached hydrogens (tertiary/aromatic N) is 1. The third-order valence-corrected chi connectivity index (χ3v) is 4.31. The lowest BCUT2D eigenvalue weighted by atomic mass is 10.2. The predicted octanol–water partition coefficient (Wildman–Crippen LogP) is 2.65. The van der Waals surface area contributed by atoms with Crippen LogP contribution in [0, 0.1) is 0 Å². The molecular formula is C18H23N3O3S. The van der Waals surface area contributed by atoms with Crippen molar-refractivity contribution in [3.05, 3.63) is 47.9 Å². The third-order valence-electron chi connectivity index (χ3n) is 3.70. The zero-order valence-electron chi connectivity index (χ0n) is 14.3. The van der Waals surface area contributed by atoms with E-state index in [1.54, 1.807) is 18.0 Å². The molecule has 0 bridgehead atoms. The first-order chi connectivity index (χ1) is 12.3. The first-order valence-electron chi connectivity index (χ1n) is 8.27. The van der Waals surface area contributed by atoms with E-state index < -0.39 is 0 Å². The lowest BCUT2D eigenvalue weighted by Gasteiger charge is -2.12. The van der Waals surface area contributed by atoms with Crippen LogP contribution in [0.2, 0.25) is 0 Å². The average Bonchev–Trinajstić information content (AvgIpc) is 3.30. The largest absolute Gasteiger partial charge is 0.469 e. The van der Waals surface area contributed by atoms with Crippen molar-refractivity contribution < 1.29 is 13.9 Å². The van der Waals surface area contributed by atoms with Crippen LogP contribution in [-0.4, -0.2) is 37.9 Å². The fraction of sp³-hybridized carbons (Fsp3) is 0.389. The van der Waals surface area contributed by atoms with Crippen molar-refractivity contribution in [3.63, 3.8) is 0 Å². The molecule has 1 aromatic heterocycles. The number of fused-ring (bicyclic) bond motifs is 1. The molecule has 0 radical (unpaired) electrons. The molecule has 0 saturated heterocycles. The summed E-state index contributed by atoms with van der Waals surface area (Å²) >= 11 is 1.80. The van der Waals surface area contributed by atoms with Crippen molar-refractivity contribution in [2.45, 2.75) is 13.0 Å². The van der Waals surface area contributed by atoms with E-state index in [9.17, 15) is 0 Å². The number of hydrogen-bond donors (Lipinski definition) is 2. The Labute approximate surface area is 152 Å². The summed E-state index contributed by atoms with van der Waals surface area (Å²) in [4.78, 5) is 4.67. The molecular weight excluding hydrogens is 338 g/mol. The van der Waals surface area contributed by atoms with E-state index in [0.717, 1.165) is 54.0 Å². The predicted molar refractivity (Wildman–Crippen MR) is 101 cm³/mol. The lowest BCUT2D eigenvalue weighted by Crippen LogP contribution is -2.39. The van der Waals surface area contributed by atoms with Gasteiger partial charge in [-0.3, -0.25) is 0 Å². The average molecular weight is 361 g/mol. The highest BCUT2D eigenvalue weighted by atomic mass is 32.2. The quantitative estimate of drug-likeness (QED) is 0.428. The molecule has 1 aliphatic heterocycles. The summed E-state index contributed by atoms with van der Waals surface area (Å²) in [7, 11) is 0. The summed E-state index contributed by atoms with van der Waals surface area (Å²) in [6.45, 7) is 2.50. The van der Waals surface area contributed by atoms with Gasteiger partial charge in [-0.1, -0.05) is 6.07 Å². The zero-order valence-corrected chi connectivity index (χ0v) is 15.1. The van der Waals surface area contributed by atoms with E-state index in [1.165, 1.54) is 0 Å². The molecule has 2 aromatic rings. The normalized spacial score (nSPS) is 13.1. The number of thioether (sulfide) groups is 1. The molecule has 2 heterocycles. The molecule has 7 heteroatoms. The van der Waals surface area contributed by atoms with Crippen LogP contribution in [-0.2, 0) is 13.0 Å². The second kappa shape index (κ2) is 9.27. The number of ether oxygens (including phenoxy) is 2. The minimum Gasteiger partial charge on any atom is -0.469 e. The molecule has 6 nitrogen and oxygen atoms in total. The molecule has 3 rings (SSSR count). The van der Waals surface area contributed by atoms with Gasteiger partial charge >= 0.3 is 0 Å². The molecule has 1 aromatic carbocycles. The van der Waals surface area contributed by atoms with E-state index in [2.05, 4.69) is 21.9 Å². The van der Waals surface area contributed by atoms with Gasteiger partial charge in [-0.25, -0.2) is 4.99 Å². The summed E-state index contributed by atoms with van der Waals surface area (Å²) < 4.78 is 16.1. The molecule has 0 saturated carbocycles. The van der Waals surface area contributed by atoms with Crippen molar-refractivity contribution in [2.24, 2.45) is 4.99 Å². The maximum Gasteiger partial charge on any atom is 0.231 e. The summed E-state index contributed by atoms with van der Waals surface area (Å²) in [5.74, 6) is 4.38. The molecule has 0 fully saturated rings. The number of aliphatic imine (C=N–C) groups is 1. The first kappa shape index (κ1) is 17.5. The lowest BCUT2D eigenvalue weighted by molar-refractivity contribution is 0.174. The molecule has 0 aliphatic carbocycles. The number of hydrogen-bond acceptors (Lipinski definition) is 5. The van der Waals surface area contributed by atoms with Gasteiger partial charge in [0.15, 0.2) is 17.5 Å². The van der Waals surface area contributed by atoms with Crippen molar-refractivity contribution in [1.82, 2.24) is 10.6 Å². The van der Waals surface area contributed by atoms with Gasteiger partial charge in [0.2, 0.25) is 6.79 Å². The summed E-state index contributed by atoms with van der Waals surface area (Å²) in [5.41, 5.74) is 1.08. The molecule has 0 atom stereocenters. The fourth-order valence-electron chi connectivity index (χ4n) is 2.41. The van der Waals surface area contributed by atoms with Gasteiger partial charge in [0.1, 0.15) is 5.76 Å². The standard InChI is InChI=1S/C18H23N3O3S/c1-25-10-8-20-18(19-7-6-15-3-2-9-22-15)21-12-14-4-5-16-17(11-14)24-13-23-16/h2-5,9,11H,6-8,10,12-13H2,1H3,(H2,19,20,21). The Hall–Kier alpha value is -2.28. The Morgan fingerprint density at radius 3 is 2.88 bits per heavy atom. The monoisotopic (exact) mass is 361 g/mol. The summed E-state index contributed by atoms with van der Waals surface area (Å²) in [6, 6.07) is 9.80. The Kier molecular flexibility index (Phi) is 6.50. The van der Waals surface area contributed by atoms with Crippen LogP contribution in [0.1, 0.15) is 11.3 Å². The van der Waals surface area contributed by atoms with Crippen LogP contribution in [0.4, 0.5) is 0 Å². The Morgan fingerprint density at radius 2 is 2.04 bits per heavy atom. The molecule has 2 N–H and O–H groups in total. The van der Waals surface area contributed by atoms with Gasteiger partial charge in [-0.05, 0) is 36.1 Å². The highest BCUT2D eigenvalue weighted by Gasteiger charge is 2.13. The first-order valence-corrected chi connectivity index (χ1v) is 9.66. The van der Waals surface area contributed by atoms with Crippen LogP contribution >= 0.6 is 11.8 Å². The Morgan fingerprint density at radius 1 is 1.16 bits per heavy atom. The van der Waals surface area contributed by atoms with Gasteiger partial charge in [-0.2, -0.15) is 11.8 Å². The molecule has 134 valence electrons. The van der Waals surface area contributed by atoms with Crippen molar-refractivity contribution in [3.8, 4) is 11.5 Å². The number of furan rings is 1. The third kappa shape index (κ3) is 5.35. The van der Waals surface area contributed by atoms with Crippen molar-refractivity contribution in [2.75, 3.05) is 31.9 Å². The second-order valence-electron chi connectivity index (χ2n) is 5.53. The summed E-state index contributed by atoms with van der Waals surface area (Å²) in [6.07, 6.45) is 4.61. The van der Waals surface area contributed by atoms with E-state index >= 15 is 0 Å². The van der Waals surface area contributed by atoms with E-state index in [-0.39, 0.29) is 6.79 Å². The molecule has 1 aliphatic rings. The number of guanidine groups is 1. The van der Waals surface area contributed by atoms with Gasteiger partial charge in [-0.15, -0.1) is 0 Å². The molecule has 0 amide bonds. The van der Waals surface area contributed by atoms with Crippen LogP contribution < -0.4 is 20.1 Å². The minimum absolute atomic E-state index is 0.290. The van der Waals surface area contributed by atoms with Crippen LogP contribution in [0.25, 0.3) is 0 Å². The van der Waals surface area contributed by atoms with Gasteiger partial charge in [0, 0.05) is 25.3 Å². The van der Waals surface area contributed by atoms with Gasteiger partial charge in [0.05, 0.1) is 12.8 Å². The maximum atomic E-state index is 5.42. The number of rotatable bonds is 8. The molecule has 0 unspecified atom stereocenters. The van der Waals surface area contributed by atoms with E-state index in [0.29, 0.717) is 6.54 Å². The molecule has 0 spiro atoms. The van der Waals surface area contributed by atoms with Crippen LogP contribution in [0.5, 0.6) is 11.5 Å². The van der Waals surface area contributed by atoms with Crippen molar-refractivity contribution in [1.29, 1.82) is 0 Å². The van der Waals surface area contributed by atoms with Crippen molar-refractivity contribution >= 4 is 17.7 Å². The minimum atomic E-state index is 0.290. The number of benzene rings is 1. The Bertz CT molecular complexity index is 689. The second-order valence-corrected chi connectivity index (χ2v) is 6.51.